The molecule has 0 aliphatic heterocycles. The van der Waals surface area contributed by atoms with Crippen molar-refractivity contribution in [2.24, 2.45) is 0 Å². The highest BCUT2D eigenvalue weighted by Gasteiger charge is 2.14. The predicted molar refractivity (Wildman–Crippen MR) is 144 cm³/mol. The number of benzene rings is 5. The monoisotopic (exact) mass is 461 g/mol. The van der Waals surface area contributed by atoms with Gasteiger partial charge >= 0.3 is 0 Å². The second-order valence-corrected chi connectivity index (χ2v) is 9.47. The van der Waals surface area contributed by atoms with Crippen LogP contribution in [0.25, 0.3) is 31.3 Å². The summed E-state index contributed by atoms with van der Waals surface area (Å²) >= 11 is 8.57. The van der Waals surface area contributed by atoms with E-state index in [1.54, 1.807) is 11.3 Å². The Morgan fingerprint density at radius 1 is 0.515 bits per heavy atom. The number of hydrogen-bond donors (Lipinski definition) is 0. The number of fused-ring (bicyclic) bond motifs is 3. The zero-order chi connectivity index (χ0) is 22.2. The third-order valence-electron chi connectivity index (χ3n) is 5.92. The zero-order valence-corrected chi connectivity index (χ0v) is 19.4. The van der Waals surface area contributed by atoms with E-state index in [0.29, 0.717) is 0 Å². The van der Waals surface area contributed by atoms with E-state index in [0.717, 1.165) is 38.6 Å². The van der Waals surface area contributed by atoms with Crippen molar-refractivity contribution in [3.05, 3.63) is 126 Å². The Bertz CT molecular complexity index is 1510. The van der Waals surface area contributed by atoms with E-state index in [-0.39, 0.29) is 0 Å². The van der Waals surface area contributed by atoms with Gasteiger partial charge in [-0.2, -0.15) is 0 Å². The van der Waals surface area contributed by atoms with Crippen LogP contribution in [0.4, 0.5) is 17.1 Å². The van der Waals surface area contributed by atoms with Gasteiger partial charge in [0.25, 0.3) is 0 Å². The van der Waals surface area contributed by atoms with Crippen LogP contribution in [-0.4, -0.2) is 0 Å². The first-order valence-electron chi connectivity index (χ1n) is 10.9. The van der Waals surface area contributed by atoms with Gasteiger partial charge in [-0.05, 0) is 65.7 Å². The summed E-state index contributed by atoms with van der Waals surface area (Å²) in [6.07, 6.45) is 0. The molecule has 0 unspecified atom stereocenters. The number of anilines is 3. The van der Waals surface area contributed by atoms with Gasteiger partial charge in [0, 0.05) is 37.2 Å². The van der Waals surface area contributed by atoms with Crippen molar-refractivity contribution in [2.75, 3.05) is 4.90 Å². The van der Waals surface area contributed by atoms with Crippen molar-refractivity contribution in [3.63, 3.8) is 0 Å². The molecule has 1 heterocycles. The Balaban J connectivity index is 1.42. The maximum atomic E-state index is 6.77. The first-order valence-corrected chi connectivity index (χ1v) is 12.1. The average molecular weight is 462 g/mol. The number of halogens is 1. The van der Waals surface area contributed by atoms with Crippen LogP contribution in [0.5, 0.6) is 0 Å². The molecule has 0 spiro atoms. The summed E-state index contributed by atoms with van der Waals surface area (Å²) in [5.41, 5.74) is 5.67. The first-order chi connectivity index (χ1) is 16.3. The highest BCUT2D eigenvalue weighted by atomic mass is 35.5. The van der Waals surface area contributed by atoms with Gasteiger partial charge in [-0.1, -0.05) is 78.3 Å². The predicted octanol–water partition coefficient (Wildman–Crippen LogP) is 9.84. The molecule has 0 bridgehead atoms. The number of hydrogen-bond acceptors (Lipinski definition) is 2. The highest BCUT2D eigenvalue weighted by molar-refractivity contribution is 7.26. The molecule has 0 aliphatic rings. The molecule has 33 heavy (non-hydrogen) atoms. The van der Waals surface area contributed by atoms with Gasteiger partial charge in [0.15, 0.2) is 0 Å². The topological polar surface area (TPSA) is 3.24 Å². The number of rotatable bonds is 4. The summed E-state index contributed by atoms with van der Waals surface area (Å²) in [5.74, 6) is 0. The van der Waals surface area contributed by atoms with Crippen molar-refractivity contribution < 1.29 is 0 Å². The summed E-state index contributed by atoms with van der Waals surface area (Å²) in [7, 11) is 0. The summed E-state index contributed by atoms with van der Waals surface area (Å²) in [6.45, 7) is 0. The van der Waals surface area contributed by atoms with Crippen molar-refractivity contribution in [3.8, 4) is 11.1 Å². The SMILES string of the molecule is Clc1cc(-c2ccc(N(c3ccccc3)c3ccccc3)cc2)cc2sc3ccccc3c12. The molecule has 6 aromatic rings. The minimum Gasteiger partial charge on any atom is -0.311 e. The van der Waals surface area contributed by atoms with E-state index in [1.165, 1.54) is 14.8 Å². The summed E-state index contributed by atoms with van der Waals surface area (Å²) in [4.78, 5) is 2.27. The molecule has 0 saturated heterocycles. The molecule has 3 heteroatoms. The molecular weight excluding hydrogens is 442 g/mol. The van der Waals surface area contributed by atoms with Crippen molar-refractivity contribution in [1.29, 1.82) is 0 Å². The van der Waals surface area contributed by atoms with E-state index in [1.807, 2.05) is 12.1 Å². The third kappa shape index (κ3) is 3.68. The molecule has 0 saturated carbocycles. The van der Waals surface area contributed by atoms with Gasteiger partial charge < -0.3 is 4.90 Å². The van der Waals surface area contributed by atoms with Crippen LogP contribution >= 0.6 is 22.9 Å². The van der Waals surface area contributed by atoms with Gasteiger partial charge in [0.1, 0.15) is 0 Å². The van der Waals surface area contributed by atoms with Crippen LogP contribution in [0.2, 0.25) is 5.02 Å². The molecular formula is C30H20ClNS. The maximum Gasteiger partial charge on any atom is 0.0505 e. The molecule has 1 nitrogen and oxygen atoms in total. The van der Waals surface area contributed by atoms with Crippen molar-refractivity contribution in [1.82, 2.24) is 0 Å². The maximum absolute atomic E-state index is 6.77. The Hall–Kier alpha value is -3.59. The highest BCUT2D eigenvalue weighted by Crippen LogP contribution is 2.41. The number of thiophene rings is 1. The second kappa shape index (κ2) is 8.40. The Morgan fingerprint density at radius 3 is 1.76 bits per heavy atom. The molecule has 0 aliphatic carbocycles. The van der Waals surface area contributed by atoms with Crippen molar-refractivity contribution >= 4 is 60.2 Å². The van der Waals surface area contributed by atoms with Crippen LogP contribution in [0.3, 0.4) is 0 Å². The van der Waals surface area contributed by atoms with Crippen LogP contribution in [0.15, 0.2) is 121 Å². The normalized spacial score (nSPS) is 11.2. The van der Waals surface area contributed by atoms with E-state index in [2.05, 4.69) is 114 Å². The van der Waals surface area contributed by atoms with Crippen LogP contribution in [-0.2, 0) is 0 Å². The standard InChI is InChI=1S/C30H20ClNS/c31-27-19-22(20-29-30(27)26-13-7-8-14-28(26)33-29)21-15-17-25(18-16-21)32(23-9-3-1-4-10-23)24-11-5-2-6-12-24/h1-20H. The van der Waals surface area contributed by atoms with Crippen LogP contribution in [0, 0.1) is 0 Å². The molecule has 158 valence electrons. The van der Waals surface area contributed by atoms with Crippen LogP contribution in [0.1, 0.15) is 0 Å². The fourth-order valence-electron chi connectivity index (χ4n) is 4.37. The molecule has 0 radical (unpaired) electrons. The summed E-state index contributed by atoms with van der Waals surface area (Å²) in [5, 5.41) is 3.18. The van der Waals surface area contributed by atoms with Crippen molar-refractivity contribution in [2.45, 2.75) is 0 Å². The zero-order valence-electron chi connectivity index (χ0n) is 17.8. The lowest BCUT2D eigenvalue weighted by Gasteiger charge is -2.25. The number of nitrogens with zero attached hydrogens (tertiary/aromatic N) is 1. The van der Waals surface area contributed by atoms with E-state index in [9.17, 15) is 0 Å². The fourth-order valence-corrected chi connectivity index (χ4v) is 5.92. The Kier molecular flexibility index (Phi) is 5.10. The molecule has 1 aromatic heterocycles. The van der Waals surface area contributed by atoms with E-state index < -0.39 is 0 Å². The Labute approximate surface area is 202 Å². The Morgan fingerprint density at radius 2 is 1.09 bits per heavy atom. The lowest BCUT2D eigenvalue weighted by Crippen LogP contribution is -2.09. The van der Waals surface area contributed by atoms with Gasteiger partial charge in [-0.15, -0.1) is 11.3 Å². The van der Waals surface area contributed by atoms with E-state index in [4.69, 9.17) is 11.6 Å². The largest absolute Gasteiger partial charge is 0.311 e. The molecule has 0 atom stereocenters. The molecule has 5 aromatic carbocycles. The lowest BCUT2D eigenvalue weighted by atomic mass is 10.0. The molecule has 0 N–H and O–H groups in total. The van der Waals surface area contributed by atoms with Crippen LogP contribution < -0.4 is 4.90 Å². The van der Waals surface area contributed by atoms with Gasteiger partial charge in [-0.3, -0.25) is 0 Å². The summed E-state index contributed by atoms with van der Waals surface area (Å²) in [6, 6.07) is 42.4. The minimum atomic E-state index is 0.805. The smallest absolute Gasteiger partial charge is 0.0505 e. The molecule has 6 rings (SSSR count). The molecule has 0 amide bonds. The van der Waals surface area contributed by atoms with Gasteiger partial charge in [0.05, 0.1) is 5.02 Å². The summed E-state index contributed by atoms with van der Waals surface area (Å²) < 4.78 is 2.49. The van der Waals surface area contributed by atoms with Gasteiger partial charge in [0.2, 0.25) is 0 Å². The first kappa shape index (κ1) is 20.0. The average Bonchev–Trinajstić information content (AvgIpc) is 3.25. The van der Waals surface area contributed by atoms with Gasteiger partial charge in [-0.25, -0.2) is 0 Å². The third-order valence-corrected chi connectivity index (χ3v) is 7.33. The second-order valence-electron chi connectivity index (χ2n) is 7.98. The van der Waals surface area contributed by atoms with E-state index >= 15 is 0 Å². The fraction of sp³-hybridized carbons (Fsp3) is 0. The molecule has 0 fully saturated rings. The minimum absolute atomic E-state index is 0.805. The lowest BCUT2D eigenvalue weighted by molar-refractivity contribution is 1.28. The number of para-hydroxylation sites is 2. The quantitative estimate of drug-likeness (QED) is 0.252.